The van der Waals surface area contributed by atoms with E-state index in [1.54, 1.807) is 30.3 Å². The first kappa shape index (κ1) is 15.3. The van der Waals surface area contributed by atoms with E-state index in [1.165, 1.54) is 17.0 Å². The molecule has 120 valence electrons. The molecule has 2 amide bonds. The van der Waals surface area contributed by atoms with Crippen LogP contribution in [0.5, 0.6) is 11.5 Å². The Balaban J connectivity index is 1.79. The van der Waals surface area contributed by atoms with Crippen molar-refractivity contribution < 1.29 is 19.0 Å². The van der Waals surface area contributed by atoms with Gasteiger partial charge in [-0.3, -0.25) is 0 Å². The predicted molar refractivity (Wildman–Crippen MR) is 84.1 cm³/mol. The highest BCUT2D eigenvalue weighted by Gasteiger charge is 2.26. The lowest BCUT2D eigenvalue weighted by atomic mass is 10.2. The number of likely N-dealkylation sites (tertiary alicyclic amines) is 1. The maximum atomic E-state index is 14.1. The fraction of sp³-hybridized carbons (Fsp3) is 0.235. The van der Waals surface area contributed by atoms with Gasteiger partial charge >= 0.3 is 6.03 Å². The summed E-state index contributed by atoms with van der Waals surface area (Å²) in [5.74, 6) is 0.195. The van der Waals surface area contributed by atoms with Crippen molar-refractivity contribution in [2.45, 2.75) is 12.5 Å². The molecule has 23 heavy (non-hydrogen) atoms. The Morgan fingerprint density at radius 2 is 2.00 bits per heavy atom. The average molecular weight is 316 g/mol. The number of carbonyl (C=O) groups is 1. The molecule has 1 fully saturated rings. The number of halogens is 1. The number of nitrogens with zero attached hydrogens (tertiary/aromatic N) is 1. The third kappa shape index (κ3) is 3.60. The van der Waals surface area contributed by atoms with Gasteiger partial charge in [-0.15, -0.1) is 0 Å². The Kier molecular flexibility index (Phi) is 4.43. The first-order chi connectivity index (χ1) is 11.1. The SMILES string of the molecule is O=C(Nc1c(F)cccc1Oc1ccccc1)N1CCC(O)C1. The molecule has 1 aliphatic heterocycles. The van der Waals surface area contributed by atoms with Gasteiger partial charge in [0.05, 0.1) is 6.10 Å². The van der Waals surface area contributed by atoms with Gasteiger partial charge < -0.3 is 20.1 Å². The molecular formula is C17H17FN2O3. The van der Waals surface area contributed by atoms with Crippen molar-refractivity contribution in [3.8, 4) is 11.5 Å². The van der Waals surface area contributed by atoms with E-state index in [2.05, 4.69) is 5.32 Å². The van der Waals surface area contributed by atoms with E-state index in [1.807, 2.05) is 6.07 Å². The summed E-state index contributed by atoms with van der Waals surface area (Å²) in [7, 11) is 0. The summed E-state index contributed by atoms with van der Waals surface area (Å²) in [6.45, 7) is 0.686. The van der Waals surface area contributed by atoms with Crippen molar-refractivity contribution in [1.29, 1.82) is 0 Å². The number of amides is 2. The minimum atomic E-state index is -0.577. The van der Waals surface area contributed by atoms with Crippen molar-refractivity contribution in [2.24, 2.45) is 0 Å². The van der Waals surface area contributed by atoms with E-state index < -0.39 is 18.0 Å². The number of hydrogen-bond donors (Lipinski definition) is 2. The summed E-state index contributed by atoms with van der Waals surface area (Å²) < 4.78 is 19.8. The van der Waals surface area contributed by atoms with Crippen molar-refractivity contribution in [3.63, 3.8) is 0 Å². The molecule has 1 atom stereocenters. The normalized spacial score (nSPS) is 17.1. The minimum absolute atomic E-state index is 0.0113. The van der Waals surface area contributed by atoms with Crippen LogP contribution < -0.4 is 10.1 Å². The second kappa shape index (κ2) is 6.66. The molecule has 0 radical (unpaired) electrons. The van der Waals surface area contributed by atoms with Crippen LogP contribution in [0.3, 0.4) is 0 Å². The third-order valence-corrected chi connectivity index (χ3v) is 3.63. The minimum Gasteiger partial charge on any atom is -0.455 e. The van der Waals surface area contributed by atoms with Crippen molar-refractivity contribution >= 4 is 11.7 Å². The first-order valence-corrected chi connectivity index (χ1v) is 7.39. The van der Waals surface area contributed by atoms with Gasteiger partial charge in [0.1, 0.15) is 11.4 Å². The quantitative estimate of drug-likeness (QED) is 0.914. The standard InChI is InChI=1S/C17H17FN2O3/c18-14-7-4-8-15(23-13-5-2-1-3-6-13)16(14)19-17(22)20-10-9-12(21)11-20/h1-8,12,21H,9-11H2,(H,19,22). The second-order valence-electron chi connectivity index (χ2n) is 5.35. The summed E-state index contributed by atoms with van der Waals surface area (Å²) in [4.78, 5) is 13.6. The predicted octanol–water partition coefficient (Wildman–Crippen LogP) is 3.22. The van der Waals surface area contributed by atoms with Gasteiger partial charge in [-0.1, -0.05) is 24.3 Å². The summed E-state index contributed by atoms with van der Waals surface area (Å²) in [6.07, 6.45) is -0.000615. The summed E-state index contributed by atoms with van der Waals surface area (Å²) >= 11 is 0. The number of hydrogen-bond acceptors (Lipinski definition) is 3. The monoisotopic (exact) mass is 316 g/mol. The van der Waals surface area contributed by atoms with Crippen LogP contribution in [0.25, 0.3) is 0 Å². The zero-order chi connectivity index (χ0) is 16.2. The molecule has 1 aliphatic rings. The highest BCUT2D eigenvalue weighted by atomic mass is 19.1. The first-order valence-electron chi connectivity index (χ1n) is 7.39. The number of ether oxygens (including phenoxy) is 1. The number of benzene rings is 2. The van der Waals surface area contributed by atoms with Crippen LogP contribution in [0, 0.1) is 5.82 Å². The number of nitrogens with one attached hydrogen (secondary N) is 1. The molecule has 2 aromatic rings. The molecule has 0 bridgehead atoms. The van der Waals surface area contributed by atoms with E-state index in [0.29, 0.717) is 18.7 Å². The molecule has 5 nitrogen and oxygen atoms in total. The van der Waals surface area contributed by atoms with Crippen LogP contribution in [0.2, 0.25) is 0 Å². The topological polar surface area (TPSA) is 61.8 Å². The summed E-state index contributed by atoms with van der Waals surface area (Å²) in [5.41, 5.74) is -0.0113. The lowest BCUT2D eigenvalue weighted by Crippen LogP contribution is -2.34. The van der Waals surface area contributed by atoms with Gasteiger partial charge in [0.15, 0.2) is 11.6 Å². The number of aliphatic hydroxyl groups is 1. The summed E-state index contributed by atoms with van der Waals surface area (Å²) in [5, 5.41) is 12.0. The van der Waals surface area contributed by atoms with Crippen molar-refractivity contribution in [2.75, 3.05) is 18.4 Å². The van der Waals surface area contributed by atoms with Crippen LogP contribution in [0.15, 0.2) is 48.5 Å². The van der Waals surface area contributed by atoms with E-state index in [-0.39, 0.29) is 18.0 Å². The van der Waals surface area contributed by atoms with Gasteiger partial charge in [0.25, 0.3) is 0 Å². The van der Waals surface area contributed by atoms with Gasteiger partial charge in [-0.2, -0.15) is 0 Å². The lowest BCUT2D eigenvalue weighted by molar-refractivity contribution is 0.176. The van der Waals surface area contributed by atoms with Crippen molar-refractivity contribution in [3.05, 3.63) is 54.3 Å². The van der Waals surface area contributed by atoms with E-state index in [4.69, 9.17) is 4.74 Å². The van der Waals surface area contributed by atoms with E-state index >= 15 is 0 Å². The van der Waals surface area contributed by atoms with Crippen LogP contribution >= 0.6 is 0 Å². The fourth-order valence-corrected chi connectivity index (χ4v) is 2.44. The van der Waals surface area contributed by atoms with Crippen LogP contribution in [-0.4, -0.2) is 35.2 Å². The molecule has 1 heterocycles. The maximum absolute atomic E-state index is 14.1. The Bertz CT molecular complexity index is 693. The number of aliphatic hydroxyl groups excluding tert-OH is 1. The number of carbonyl (C=O) groups excluding carboxylic acids is 1. The van der Waals surface area contributed by atoms with E-state index in [9.17, 15) is 14.3 Å². The molecule has 1 unspecified atom stereocenters. The number of anilines is 1. The van der Waals surface area contributed by atoms with Crippen molar-refractivity contribution in [1.82, 2.24) is 4.90 Å². The average Bonchev–Trinajstić information content (AvgIpc) is 2.98. The van der Waals surface area contributed by atoms with Crippen LogP contribution in [0.4, 0.5) is 14.9 Å². The molecule has 1 saturated heterocycles. The third-order valence-electron chi connectivity index (χ3n) is 3.63. The Morgan fingerprint density at radius 1 is 1.22 bits per heavy atom. The Morgan fingerprint density at radius 3 is 2.70 bits per heavy atom. The second-order valence-corrected chi connectivity index (χ2v) is 5.35. The fourth-order valence-electron chi connectivity index (χ4n) is 2.44. The lowest BCUT2D eigenvalue weighted by Gasteiger charge is -2.18. The molecule has 0 aromatic heterocycles. The molecule has 2 N–H and O–H groups in total. The highest BCUT2D eigenvalue weighted by molar-refractivity contribution is 5.91. The van der Waals surface area contributed by atoms with Crippen LogP contribution in [-0.2, 0) is 0 Å². The number of para-hydroxylation sites is 2. The molecule has 3 rings (SSSR count). The molecular weight excluding hydrogens is 299 g/mol. The molecule has 6 heteroatoms. The molecule has 0 spiro atoms. The molecule has 0 aliphatic carbocycles. The zero-order valence-corrected chi connectivity index (χ0v) is 12.4. The van der Waals surface area contributed by atoms with Gasteiger partial charge in [0.2, 0.25) is 0 Å². The Hall–Kier alpha value is -2.60. The van der Waals surface area contributed by atoms with Gasteiger partial charge in [-0.05, 0) is 30.7 Å². The van der Waals surface area contributed by atoms with Crippen LogP contribution in [0.1, 0.15) is 6.42 Å². The largest absolute Gasteiger partial charge is 0.455 e. The zero-order valence-electron chi connectivity index (χ0n) is 12.4. The van der Waals surface area contributed by atoms with Gasteiger partial charge in [0, 0.05) is 13.1 Å². The summed E-state index contributed by atoms with van der Waals surface area (Å²) in [6, 6.07) is 12.8. The smallest absolute Gasteiger partial charge is 0.322 e. The number of rotatable bonds is 3. The van der Waals surface area contributed by atoms with E-state index in [0.717, 1.165) is 0 Å². The number of urea groups is 1. The number of β-amino-alcohol motifs (C(OH)–C–C–N with tert-alkyl or cyclic N) is 1. The molecule has 2 aromatic carbocycles. The maximum Gasteiger partial charge on any atom is 0.322 e. The Labute approximate surface area is 133 Å². The molecule has 0 saturated carbocycles. The van der Waals surface area contributed by atoms with Gasteiger partial charge in [-0.25, -0.2) is 9.18 Å². The highest BCUT2D eigenvalue weighted by Crippen LogP contribution is 2.32.